The summed E-state index contributed by atoms with van der Waals surface area (Å²) >= 11 is 0. The Morgan fingerprint density at radius 3 is 2.55 bits per heavy atom. The second-order valence-corrected chi connectivity index (χ2v) is 5.31. The highest BCUT2D eigenvalue weighted by molar-refractivity contribution is 5.85. The van der Waals surface area contributed by atoms with Crippen LogP contribution in [0, 0.1) is 5.92 Å². The first-order chi connectivity index (χ1) is 9.58. The Labute approximate surface area is 118 Å². The first-order valence-corrected chi connectivity index (χ1v) is 6.91. The smallest absolute Gasteiger partial charge is 0.330 e. The van der Waals surface area contributed by atoms with Crippen LogP contribution in [0.4, 0.5) is 0 Å². The molecule has 4 N–H and O–H groups in total. The molecule has 2 rings (SSSR count). The van der Waals surface area contributed by atoms with Gasteiger partial charge in [-0.25, -0.2) is 4.79 Å². The lowest BCUT2D eigenvalue weighted by Crippen LogP contribution is -2.41. The molecule has 0 spiro atoms. The van der Waals surface area contributed by atoms with Crippen molar-refractivity contribution in [1.82, 2.24) is 5.32 Å². The van der Waals surface area contributed by atoms with Crippen molar-refractivity contribution < 1.29 is 14.7 Å². The fourth-order valence-corrected chi connectivity index (χ4v) is 2.66. The van der Waals surface area contributed by atoms with Crippen molar-refractivity contribution in [3.63, 3.8) is 0 Å². The summed E-state index contributed by atoms with van der Waals surface area (Å²) in [5.41, 5.74) is 6.45. The van der Waals surface area contributed by atoms with E-state index in [9.17, 15) is 14.7 Å². The van der Waals surface area contributed by atoms with Crippen molar-refractivity contribution in [3.8, 4) is 0 Å². The lowest BCUT2D eigenvalue weighted by molar-refractivity contribution is -0.142. The molecule has 5 nitrogen and oxygen atoms in total. The van der Waals surface area contributed by atoms with Gasteiger partial charge >= 0.3 is 5.97 Å². The molecule has 1 aromatic carbocycles. The Morgan fingerprint density at radius 2 is 1.95 bits per heavy atom. The summed E-state index contributed by atoms with van der Waals surface area (Å²) < 4.78 is 0. The summed E-state index contributed by atoms with van der Waals surface area (Å²) in [6.45, 7) is 0. The number of nitrogens with one attached hydrogen (secondary N) is 1. The zero-order valence-electron chi connectivity index (χ0n) is 11.3. The van der Waals surface area contributed by atoms with Crippen LogP contribution in [0.3, 0.4) is 0 Å². The van der Waals surface area contributed by atoms with E-state index < -0.39 is 12.0 Å². The minimum absolute atomic E-state index is 0.0412. The van der Waals surface area contributed by atoms with E-state index in [1.807, 2.05) is 6.07 Å². The van der Waals surface area contributed by atoms with E-state index in [-0.39, 0.29) is 17.9 Å². The van der Waals surface area contributed by atoms with E-state index in [0.717, 1.165) is 19.3 Å². The summed E-state index contributed by atoms with van der Waals surface area (Å²) in [4.78, 5) is 23.5. The number of carboxylic acids is 1. The quantitative estimate of drug-likeness (QED) is 0.776. The first-order valence-electron chi connectivity index (χ1n) is 6.91. The maximum Gasteiger partial charge on any atom is 0.330 e. The molecule has 0 bridgehead atoms. The van der Waals surface area contributed by atoms with E-state index in [4.69, 9.17) is 5.73 Å². The Morgan fingerprint density at radius 1 is 1.25 bits per heavy atom. The molecule has 1 aliphatic rings. The van der Waals surface area contributed by atoms with Crippen LogP contribution >= 0.6 is 0 Å². The Hall–Kier alpha value is -1.88. The van der Waals surface area contributed by atoms with Gasteiger partial charge in [-0.15, -0.1) is 0 Å². The predicted octanol–water partition coefficient (Wildman–Crippen LogP) is 1.45. The van der Waals surface area contributed by atoms with Gasteiger partial charge in [0.15, 0.2) is 6.04 Å². The third-order valence-electron chi connectivity index (χ3n) is 3.75. The molecule has 0 saturated heterocycles. The number of carboxylic acid groups (broad SMARTS) is 1. The number of amides is 1. The summed E-state index contributed by atoms with van der Waals surface area (Å²) in [7, 11) is 0. The van der Waals surface area contributed by atoms with Crippen LogP contribution in [0.5, 0.6) is 0 Å². The average molecular weight is 276 g/mol. The zero-order chi connectivity index (χ0) is 14.5. The SMILES string of the molecule is NC1CCCC(C(=O)NC(C(=O)O)c2ccccc2)C1. The van der Waals surface area contributed by atoms with Crippen LogP contribution in [0.25, 0.3) is 0 Å². The monoisotopic (exact) mass is 276 g/mol. The van der Waals surface area contributed by atoms with Gasteiger partial charge in [-0.05, 0) is 24.8 Å². The molecule has 0 aliphatic heterocycles. The van der Waals surface area contributed by atoms with Gasteiger partial charge in [-0.2, -0.15) is 0 Å². The molecule has 1 aliphatic carbocycles. The van der Waals surface area contributed by atoms with Crippen molar-refractivity contribution in [2.45, 2.75) is 37.8 Å². The van der Waals surface area contributed by atoms with E-state index in [1.165, 1.54) is 0 Å². The van der Waals surface area contributed by atoms with Crippen LogP contribution in [0.1, 0.15) is 37.3 Å². The molecule has 1 aromatic rings. The highest BCUT2D eigenvalue weighted by atomic mass is 16.4. The highest BCUT2D eigenvalue weighted by Gasteiger charge is 2.29. The zero-order valence-corrected chi connectivity index (χ0v) is 11.3. The molecule has 3 atom stereocenters. The molecule has 5 heteroatoms. The standard InChI is InChI=1S/C15H20N2O3/c16-12-8-4-7-11(9-12)14(18)17-13(15(19)20)10-5-2-1-3-6-10/h1-3,5-6,11-13H,4,7-9,16H2,(H,17,18)(H,19,20). The minimum atomic E-state index is -1.05. The third-order valence-corrected chi connectivity index (χ3v) is 3.75. The molecule has 20 heavy (non-hydrogen) atoms. The van der Waals surface area contributed by atoms with E-state index in [1.54, 1.807) is 24.3 Å². The van der Waals surface area contributed by atoms with E-state index in [2.05, 4.69) is 5.32 Å². The number of carbonyl (C=O) groups excluding carboxylic acids is 1. The number of aliphatic carboxylic acids is 1. The molecule has 108 valence electrons. The molecule has 1 amide bonds. The van der Waals surface area contributed by atoms with Gasteiger partial charge in [0.2, 0.25) is 5.91 Å². The molecule has 1 saturated carbocycles. The predicted molar refractivity (Wildman–Crippen MR) is 74.9 cm³/mol. The number of hydrogen-bond acceptors (Lipinski definition) is 3. The summed E-state index contributed by atoms with van der Waals surface area (Å²) in [6.07, 6.45) is 3.26. The van der Waals surface area contributed by atoms with Crippen molar-refractivity contribution in [2.75, 3.05) is 0 Å². The molecule has 3 unspecified atom stereocenters. The van der Waals surface area contributed by atoms with Crippen molar-refractivity contribution >= 4 is 11.9 Å². The minimum Gasteiger partial charge on any atom is -0.479 e. The molecule has 1 fully saturated rings. The van der Waals surface area contributed by atoms with Gasteiger partial charge in [0, 0.05) is 12.0 Å². The van der Waals surface area contributed by atoms with Gasteiger partial charge in [-0.1, -0.05) is 36.8 Å². The normalized spacial score (nSPS) is 23.9. The van der Waals surface area contributed by atoms with Crippen LogP contribution < -0.4 is 11.1 Å². The Kier molecular flexibility index (Phi) is 4.74. The average Bonchev–Trinajstić information content (AvgIpc) is 2.45. The fourth-order valence-electron chi connectivity index (χ4n) is 2.66. The molecular weight excluding hydrogens is 256 g/mol. The lowest BCUT2D eigenvalue weighted by atomic mass is 9.85. The van der Waals surface area contributed by atoms with E-state index >= 15 is 0 Å². The topological polar surface area (TPSA) is 92.4 Å². The number of carbonyl (C=O) groups is 2. The largest absolute Gasteiger partial charge is 0.479 e. The molecule has 0 aromatic heterocycles. The lowest BCUT2D eigenvalue weighted by Gasteiger charge is -2.27. The number of hydrogen-bond donors (Lipinski definition) is 3. The summed E-state index contributed by atoms with van der Waals surface area (Å²) in [5, 5.41) is 11.9. The van der Waals surface area contributed by atoms with Crippen molar-refractivity contribution in [3.05, 3.63) is 35.9 Å². The van der Waals surface area contributed by atoms with Crippen molar-refractivity contribution in [1.29, 1.82) is 0 Å². The highest BCUT2D eigenvalue weighted by Crippen LogP contribution is 2.24. The van der Waals surface area contributed by atoms with Gasteiger partial charge in [0.05, 0.1) is 0 Å². The molecule has 0 radical (unpaired) electrons. The first kappa shape index (κ1) is 14.5. The maximum absolute atomic E-state index is 12.2. The van der Waals surface area contributed by atoms with Gasteiger partial charge in [0.25, 0.3) is 0 Å². The summed E-state index contributed by atoms with van der Waals surface area (Å²) in [5.74, 6) is -1.44. The maximum atomic E-state index is 12.2. The van der Waals surface area contributed by atoms with Crippen LogP contribution in [-0.4, -0.2) is 23.0 Å². The third kappa shape index (κ3) is 3.57. The Balaban J connectivity index is 2.05. The van der Waals surface area contributed by atoms with E-state index in [0.29, 0.717) is 12.0 Å². The number of benzene rings is 1. The van der Waals surface area contributed by atoms with Gasteiger partial charge in [0.1, 0.15) is 0 Å². The molecular formula is C15H20N2O3. The second-order valence-electron chi connectivity index (χ2n) is 5.31. The van der Waals surface area contributed by atoms with Crippen molar-refractivity contribution in [2.24, 2.45) is 11.7 Å². The Bertz CT molecular complexity index is 475. The van der Waals surface area contributed by atoms with Crippen LogP contribution in [0.15, 0.2) is 30.3 Å². The van der Waals surface area contributed by atoms with Gasteiger partial charge in [-0.3, -0.25) is 4.79 Å². The number of rotatable bonds is 4. The fraction of sp³-hybridized carbons (Fsp3) is 0.467. The van der Waals surface area contributed by atoms with Crippen LogP contribution in [0.2, 0.25) is 0 Å². The van der Waals surface area contributed by atoms with Crippen LogP contribution in [-0.2, 0) is 9.59 Å². The number of nitrogens with two attached hydrogens (primary N) is 1. The van der Waals surface area contributed by atoms with Gasteiger partial charge < -0.3 is 16.2 Å². The summed E-state index contributed by atoms with van der Waals surface area (Å²) in [6, 6.07) is 7.77. The second kappa shape index (κ2) is 6.52. The molecule has 0 heterocycles.